The van der Waals surface area contributed by atoms with Crippen molar-refractivity contribution in [2.24, 2.45) is 11.5 Å². The summed E-state index contributed by atoms with van der Waals surface area (Å²) in [5.74, 6) is -0.0195. The van der Waals surface area contributed by atoms with Gasteiger partial charge in [-0.1, -0.05) is 26.0 Å². The van der Waals surface area contributed by atoms with Crippen molar-refractivity contribution in [3.8, 4) is 5.75 Å². The third-order valence-corrected chi connectivity index (χ3v) is 3.14. The third-order valence-electron chi connectivity index (χ3n) is 3.14. The number of hydrogen-bond donors (Lipinski definition) is 3. The maximum atomic E-state index is 10.8. The van der Waals surface area contributed by atoms with E-state index in [9.17, 15) is 4.79 Å². The molecule has 19 heavy (non-hydrogen) atoms. The maximum absolute atomic E-state index is 10.8. The molecule has 0 aliphatic heterocycles. The zero-order chi connectivity index (χ0) is 14.6. The summed E-state index contributed by atoms with van der Waals surface area (Å²) in [7, 11) is 1.57. The van der Waals surface area contributed by atoms with Gasteiger partial charge in [0.25, 0.3) is 0 Å². The molecule has 0 radical (unpaired) electrons. The standard InChI is InChI=1S/C14H22N2O3/c1-8(2)9-4-5-13(19-3)10(6-9)11(15)7-12(16)14(17)18/h4-6,8,11-12H,7,15-16H2,1-3H3,(H,17,18). The molecule has 0 amide bonds. The second-order valence-electron chi connectivity index (χ2n) is 4.94. The Kier molecular flexibility index (Phi) is 5.32. The van der Waals surface area contributed by atoms with Crippen molar-refractivity contribution in [1.29, 1.82) is 0 Å². The number of methoxy groups -OCH3 is 1. The van der Waals surface area contributed by atoms with Crippen molar-refractivity contribution in [1.82, 2.24) is 0 Å². The Morgan fingerprint density at radius 2 is 2.00 bits per heavy atom. The number of nitrogens with two attached hydrogens (primary N) is 2. The van der Waals surface area contributed by atoms with E-state index in [0.717, 1.165) is 11.1 Å². The largest absolute Gasteiger partial charge is 0.496 e. The van der Waals surface area contributed by atoms with Crippen LogP contribution < -0.4 is 16.2 Å². The Bertz CT molecular complexity index is 446. The van der Waals surface area contributed by atoms with Crippen LogP contribution in [0.15, 0.2) is 18.2 Å². The molecule has 0 saturated carbocycles. The first-order valence-electron chi connectivity index (χ1n) is 6.28. The first-order chi connectivity index (χ1) is 8.86. The van der Waals surface area contributed by atoms with Crippen molar-refractivity contribution in [3.05, 3.63) is 29.3 Å². The number of benzene rings is 1. The molecule has 1 rings (SSSR count). The Balaban J connectivity index is 3.02. The van der Waals surface area contributed by atoms with Crippen LogP contribution in [0, 0.1) is 0 Å². The lowest BCUT2D eigenvalue weighted by molar-refractivity contribution is -0.138. The lowest BCUT2D eigenvalue weighted by atomic mass is 9.94. The number of rotatable bonds is 6. The zero-order valence-corrected chi connectivity index (χ0v) is 11.6. The molecule has 2 unspecified atom stereocenters. The average Bonchev–Trinajstić information content (AvgIpc) is 2.37. The van der Waals surface area contributed by atoms with Crippen LogP contribution in [0.5, 0.6) is 5.75 Å². The molecule has 0 bridgehead atoms. The van der Waals surface area contributed by atoms with E-state index in [1.165, 1.54) is 0 Å². The molecule has 0 aromatic heterocycles. The predicted octanol–water partition coefficient (Wildman–Crippen LogP) is 1.62. The van der Waals surface area contributed by atoms with Gasteiger partial charge in [0.2, 0.25) is 0 Å². The van der Waals surface area contributed by atoms with E-state index in [2.05, 4.69) is 13.8 Å². The van der Waals surface area contributed by atoms with Crippen molar-refractivity contribution in [2.75, 3.05) is 7.11 Å². The highest BCUT2D eigenvalue weighted by molar-refractivity contribution is 5.73. The minimum atomic E-state index is -1.05. The molecular formula is C14H22N2O3. The zero-order valence-electron chi connectivity index (χ0n) is 11.6. The van der Waals surface area contributed by atoms with E-state index in [4.69, 9.17) is 21.3 Å². The molecule has 2 atom stereocenters. The molecule has 5 N–H and O–H groups in total. The van der Waals surface area contributed by atoms with Gasteiger partial charge >= 0.3 is 5.97 Å². The number of carbonyl (C=O) groups is 1. The maximum Gasteiger partial charge on any atom is 0.320 e. The fourth-order valence-electron chi connectivity index (χ4n) is 1.90. The van der Waals surface area contributed by atoms with Crippen molar-refractivity contribution < 1.29 is 14.6 Å². The molecule has 0 spiro atoms. The summed E-state index contributed by atoms with van der Waals surface area (Å²) in [6, 6.07) is 4.37. The summed E-state index contributed by atoms with van der Waals surface area (Å²) in [6.07, 6.45) is 0.174. The average molecular weight is 266 g/mol. The topological polar surface area (TPSA) is 98.6 Å². The van der Waals surface area contributed by atoms with Gasteiger partial charge in [-0.3, -0.25) is 4.79 Å². The molecule has 0 saturated heterocycles. The Morgan fingerprint density at radius 1 is 1.37 bits per heavy atom. The van der Waals surface area contributed by atoms with Crippen molar-refractivity contribution in [2.45, 2.75) is 38.3 Å². The molecule has 0 heterocycles. The summed E-state index contributed by atoms with van der Waals surface area (Å²) < 4.78 is 5.28. The predicted molar refractivity (Wildman–Crippen MR) is 74.2 cm³/mol. The third kappa shape index (κ3) is 3.94. The number of aliphatic carboxylic acids is 1. The first kappa shape index (κ1) is 15.5. The Labute approximate surface area is 113 Å². The van der Waals surface area contributed by atoms with Gasteiger partial charge in [0, 0.05) is 11.6 Å². The molecule has 1 aromatic carbocycles. The van der Waals surface area contributed by atoms with E-state index < -0.39 is 18.1 Å². The minimum absolute atomic E-state index is 0.174. The molecule has 5 nitrogen and oxygen atoms in total. The van der Waals surface area contributed by atoms with Crippen LogP contribution >= 0.6 is 0 Å². The second kappa shape index (κ2) is 6.54. The van der Waals surface area contributed by atoms with Gasteiger partial charge in [0.1, 0.15) is 11.8 Å². The van der Waals surface area contributed by atoms with Crippen molar-refractivity contribution in [3.63, 3.8) is 0 Å². The number of hydrogen-bond acceptors (Lipinski definition) is 4. The van der Waals surface area contributed by atoms with Crippen LogP contribution in [0.2, 0.25) is 0 Å². The summed E-state index contributed by atoms with van der Waals surface area (Å²) in [5, 5.41) is 8.84. The molecule has 0 fully saturated rings. The molecule has 0 aliphatic rings. The van der Waals surface area contributed by atoms with Gasteiger partial charge in [-0.05, 0) is 24.0 Å². The van der Waals surface area contributed by atoms with Crippen LogP contribution in [0.25, 0.3) is 0 Å². The molecule has 0 aliphatic carbocycles. The SMILES string of the molecule is COc1ccc(C(C)C)cc1C(N)CC(N)C(=O)O. The normalized spacial score (nSPS) is 14.2. The van der Waals surface area contributed by atoms with Crippen LogP contribution in [0.4, 0.5) is 0 Å². The quantitative estimate of drug-likeness (QED) is 0.726. The number of carboxylic acid groups (broad SMARTS) is 1. The fourth-order valence-corrected chi connectivity index (χ4v) is 1.90. The minimum Gasteiger partial charge on any atom is -0.496 e. The van der Waals surface area contributed by atoms with Crippen LogP contribution in [-0.2, 0) is 4.79 Å². The number of carboxylic acids is 1. The fraction of sp³-hybridized carbons (Fsp3) is 0.500. The lowest BCUT2D eigenvalue weighted by Crippen LogP contribution is -2.33. The lowest BCUT2D eigenvalue weighted by Gasteiger charge is -2.19. The summed E-state index contributed by atoms with van der Waals surface area (Å²) in [5.41, 5.74) is 13.5. The van der Waals surface area contributed by atoms with Crippen LogP contribution in [-0.4, -0.2) is 24.2 Å². The van der Waals surface area contributed by atoms with Gasteiger partial charge in [0.05, 0.1) is 7.11 Å². The molecule has 106 valence electrons. The first-order valence-corrected chi connectivity index (χ1v) is 6.28. The number of ether oxygens (including phenoxy) is 1. The van der Waals surface area contributed by atoms with Gasteiger partial charge in [-0.15, -0.1) is 0 Å². The molecule has 5 heteroatoms. The smallest absolute Gasteiger partial charge is 0.320 e. The van der Waals surface area contributed by atoms with E-state index in [1.54, 1.807) is 7.11 Å². The Hall–Kier alpha value is -1.59. The van der Waals surface area contributed by atoms with E-state index in [-0.39, 0.29) is 6.42 Å². The summed E-state index contributed by atoms with van der Waals surface area (Å²) >= 11 is 0. The van der Waals surface area contributed by atoms with E-state index >= 15 is 0 Å². The van der Waals surface area contributed by atoms with Crippen molar-refractivity contribution >= 4 is 5.97 Å². The highest BCUT2D eigenvalue weighted by Crippen LogP contribution is 2.29. The van der Waals surface area contributed by atoms with Gasteiger partial charge in [-0.25, -0.2) is 0 Å². The monoisotopic (exact) mass is 266 g/mol. The highest BCUT2D eigenvalue weighted by atomic mass is 16.5. The van der Waals surface area contributed by atoms with Crippen LogP contribution in [0.3, 0.4) is 0 Å². The van der Waals surface area contributed by atoms with E-state index in [1.807, 2.05) is 18.2 Å². The van der Waals surface area contributed by atoms with E-state index in [0.29, 0.717) is 11.7 Å². The summed E-state index contributed by atoms with van der Waals surface area (Å²) in [4.78, 5) is 10.8. The summed E-state index contributed by atoms with van der Waals surface area (Å²) in [6.45, 7) is 4.17. The highest BCUT2D eigenvalue weighted by Gasteiger charge is 2.20. The van der Waals surface area contributed by atoms with Crippen LogP contribution in [0.1, 0.15) is 43.4 Å². The second-order valence-corrected chi connectivity index (χ2v) is 4.94. The van der Waals surface area contributed by atoms with Gasteiger partial charge in [0.15, 0.2) is 0 Å². The van der Waals surface area contributed by atoms with Gasteiger partial charge < -0.3 is 21.3 Å². The Morgan fingerprint density at radius 3 is 2.47 bits per heavy atom. The van der Waals surface area contributed by atoms with Gasteiger partial charge in [-0.2, -0.15) is 0 Å². The molecule has 1 aromatic rings. The molecular weight excluding hydrogens is 244 g/mol.